The Kier molecular flexibility index (Phi) is 2.45. The van der Waals surface area contributed by atoms with Crippen molar-refractivity contribution in [2.45, 2.75) is 44.1 Å². The van der Waals surface area contributed by atoms with Gasteiger partial charge in [0, 0.05) is 21.6 Å². The van der Waals surface area contributed by atoms with E-state index in [0.717, 1.165) is 25.7 Å². The van der Waals surface area contributed by atoms with Gasteiger partial charge in [-0.2, -0.15) is 0 Å². The quantitative estimate of drug-likeness (QED) is 0.922. The Hall–Kier alpha value is -1.71. The van der Waals surface area contributed by atoms with Crippen LogP contribution in [-0.4, -0.2) is 25.6 Å². The zero-order valence-corrected chi connectivity index (χ0v) is 11.1. The molecule has 1 aromatic rings. The molecule has 108 valence electrons. The minimum Gasteiger partial charge on any atom is -0.493 e. The Labute approximate surface area is 126 Å². The molecule has 4 nitrogen and oxygen atoms in total. The molecule has 0 aromatic heterocycles. The van der Waals surface area contributed by atoms with Gasteiger partial charge in [0.25, 0.3) is 0 Å². The minimum absolute atomic E-state index is 0.00528. The maximum atomic E-state index is 11.7. The minimum atomic E-state index is -2.60. The summed E-state index contributed by atoms with van der Waals surface area (Å²) >= 11 is 0. The van der Waals surface area contributed by atoms with Gasteiger partial charge in [-0.3, -0.25) is 4.79 Å². The number of carbonyl (C=O) groups excluding carboxylic acids is 1. The van der Waals surface area contributed by atoms with Crippen molar-refractivity contribution in [2.24, 2.45) is 0 Å². The summed E-state index contributed by atoms with van der Waals surface area (Å²) in [7, 11) is -2.60. The molecular formula is C16H21NO3. The van der Waals surface area contributed by atoms with Crippen LogP contribution in [0.2, 0.25) is 0 Å². The molecule has 20 heavy (non-hydrogen) atoms. The normalized spacial score (nSPS) is 29.7. The molecule has 3 rings (SSSR count). The molecule has 0 radical (unpaired) electrons. The van der Waals surface area contributed by atoms with E-state index >= 15 is 0 Å². The Balaban J connectivity index is 1.91. The lowest BCUT2D eigenvalue weighted by Gasteiger charge is -2.18. The topological polar surface area (TPSA) is 47.6 Å². The average Bonchev–Trinajstić information content (AvgIpc) is 3.09. The molecule has 1 saturated carbocycles. The van der Waals surface area contributed by atoms with Crippen molar-refractivity contribution in [1.29, 1.82) is 0 Å². The van der Waals surface area contributed by atoms with E-state index in [1.54, 1.807) is 12.1 Å². The van der Waals surface area contributed by atoms with Crippen LogP contribution in [0.3, 0.4) is 0 Å². The van der Waals surface area contributed by atoms with Crippen LogP contribution in [0.4, 0.5) is 0 Å². The Morgan fingerprint density at radius 2 is 2.20 bits per heavy atom. The maximum absolute atomic E-state index is 11.7. The largest absolute Gasteiger partial charge is 0.493 e. The Morgan fingerprint density at radius 3 is 2.90 bits per heavy atom. The third-order valence-corrected chi connectivity index (χ3v) is 3.85. The molecule has 1 N–H and O–H groups in total. The van der Waals surface area contributed by atoms with Crippen molar-refractivity contribution >= 4 is 5.91 Å². The van der Waals surface area contributed by atoms with Crippen LogP contribution in [0.15, 0.2) is 18.2 Å². The number of amides is 1. The molecule has 1 aromatic carbocycles. The van der Waals surface area contributed by atoms with Crippen molar-refractivity contribution in [2.75, 3.05) is 13.6 Å². The van der Waals surface area contributed by atoms with E-state index in [0.29, 0.717) is 5.56 Å². The van der Waals surface area contributed by atoms with Crippen molar-refractivity contribution in [3.8, 4) is 11.5 Å². The summed E-state index contributed by atoms with van der Waals surface area (Å²) in [6.45, 7) is 0.189. The summed E-state index contributed by atoms with van der Waals surface area (Å²) in [5, 5.41) is 2.53. The van der Waals surface area contributed by atoms with Crippen molar-refractivity contribution < 1.29 is 21.1 Å². The number of hydrogen-bond acceptors (Lipinski definition) is 3. The van der Waals surface area contributed by atoms with Gasteiger partial charge in [0.15, 0.2) is 11.5 Å². The predicted molar refractivity (Wildman–Crippen MR) is 76.2 cm³/mol. The molecule has 4 heteroatoms. The molecule has 1 aliphatic carbocycles. The summed E-state index contributed by atoms with van der Waals surface area (Å²) < 4.78 is 48.8. The first-order valence-electron chi connectivity index (χ1n) is 9.45. The first-order chi connectivity index (χ1) is 11.7. The number of rotatable bonds is 4. The van der Waals surface area contributed by atoms with Gasteiger partial charge in [-0.25, -0.2) is 0 Å². The molecule has 1 unspecified atom stereocenters. The van der Waals surface area contributed by atoms with Gasteiger partial charge in [-0.1, -0.05) is 6.07 Å². The van der Waals surface area contributed by atoms with Gasteiger partial charge in [0.2, 0.25) is 5.91 Å². The van der Waals surface area contributed by atoms with E-state index in [4.69, 9.17) is 16.3 Å². The number of carbonyl (C=O) groups is 1. The van der Waals surface area contributed by atoms with E-state index in [1.165, 1.54) is 6.07 Å². The number of methoxy groups -OCH3 is 1. The second-order valence-corrected chi connectivity index (χ2v) is 5.24. The number of hydrogen-bond donors (Lipinski definition) is 1. The van der Waals surface area contributed by atoms with Gasteiger partial charge in [0.05, 0.1) is 17.3 Å². The van der Waals surface area contributed by atoms with Gasteiger partial charge >= 0.3 is 0 Å². The molecule has 2 aliphatic rings. The monoisotopic (exact) mass is 280 g/mol. The fraction of sp³-hybridized carbons (Fsp3) is 0.562. The molecule has 1 amide bonds. The fourth-order valence-corrected chi connectivity index (χ4v) is 2.76. The lowest BCUT2D eigenvalue weighted by atomic mass is 9.98. The highest BCUT2D eigenvalue weighted by Crippen LogP contribution is 2.35. The number of ether oxygens (including phenoxy) is 2. The summed E-state index contributed by atoms with van der Waals surface area (Å²) in [6.07, 6.45) is 1.88. The summed E-state index contributed by atoms with van der Waals surface area (Å²) in [5.74, 6) is -0.907. The molecule has 1 aliphatic heterocycles. The van der Waals surface area contributed by atoms with Crippen LogP contribution in [0, 0.1) is 0 Å². The SMILES string of the molecule is [2H]C([2H])([2H])Oc1ccc(C2CNC(=O)C2([2H])[2H])cc1OC1CCCC1. The highest BCUT2D eigenvalue weighted by atomic mass is 16.5. The smallest absolute Gasteiger partial charge is 0.220 e. The molecule has 2 fully saturated rings. The zero-order valence-electron chi connectivity index (χ0n) is 16.1. The standard InChI is InChI=1S/C16H21NO3/c1-19-14-7-6-11(12-9-16(18)17-10-12)8-15(14)20-13-4-2-3-5-13/h6-8,12-13H,2-5,9-10H2,1H3,(H,17,18)/i1D3,9D2. The van der Waals surface area contributed by atoms with Crippen LogP contribution in [0.5, 0.6) is 11.5 Å². The van der Waals surface area contributed by atoms with Gasteiger partial charge in [0.1, 0.15) is 0 Å². The van der Waals surface area contributed by atoms with Crippen LogP contribution >= 0.6 is 0 Å². The van der Waals surface area contributed by atoms with E-state index in [9.17, 15) is 4.79 Å². The lowest BCUT2D eigenvalue weighted by molar-refractivity contribution is -0.119. The maximum Gasteiger partial charge on any atom is 0.220 e. The highest BCUT2D eigenvalue weighted by Gasteiger charge is 2.25. The summed E-state index contributed by atoms with van der Waals surface area (Å²) in [5.41, 5.74) is 0.578. The summed E-state index contributed by atoms with van der Waals surface area (Å²) in [6, 6.07) is 4.67. The summed E-state index contributed by atoms with van der Waals surface area (Å²) in [4.78, 5) is 11.7. The fourth-order valence-electron chi connectivity index (χ4n) is 2.76. The molecular weight excluding hydrogens is 254 g/mol. The van der Waals surface area contributed by atoms with Gasteiger partial charge in [-0.15, -0.1) is 0 Å². The molecule has 0 spiro atoms. The van der Waals surface area contributed by atoms with Gasteiger partial charge in [-0.05, 0) is 43.4 Å². The molecule has 0 bridgehead atoms. The van der Waals surface area contributed by atoms with Crippen molar-refractivity contribution in [3.63, 3.8) is 0 Å². The molecule has 1 atom stereocenters. The first-order valence-corrected chi connectivity index (χ1v) is 6.95. The number of nitrogens with one attached hydrogen (secondary N) is 1. The second kappa shape index (κ2) is 5.73. The van der Waals surface area contributed by atoms with Crippen LogP contribution < -0.4 is 14.8 Å². The van der Waals surface area contributed by atoms with Crippen LogP contribution in [0.1, 0.15) is 50.4 Å². The number of benzene rings is 1. The van der Waals surface area contributed by atoms with Crippen molar-refractivity contribution in [3.05, 3.63) is 23.8 Å². The lowest BCUT2D eigenvalue weighted by Crippen LogP contribution is -2.14. The molecule has 1 saturated heterocycles. The first kappa shape index (κ1) is 8.55. The van der Waals surface area contributed by atoms with Gasteiger partial charge < -0.3 is 14.8 Å². The molecule has 1 heterocycles. The van der Waals surface area contributed by atoms with E-state index in [1.807, 2.05) is 0 Å². The van der Waals surface area contributed by atoms with E-state index in [2.05, 4.69) is 5.32 Å². The third-order valence-electron chi connectivity index (χ3n) is 3.85. The van der Waals surface area contributed by atoms with E-state index in [-0.39, 0.29) is 24.1 Å². The predicted octanol–water partition coefficient (Wildman–Crippen LogP) is 2.62. The second-order valence-electron chi connectivity index (χ2n) is 5.24. The zero-order chi connectivity index (χ0) is 18.2. The van der Waals surface area contributed by atoms with Crippen molar-refractivity contribution in [1.82, 2.24) is 5.32 Å². The Morgan fingerprint density at radius 1 is 1.35 bits per heavy atom. The third kappa shape index (κ3) is 2.74. The highest BCUT2D eigenvalue weighted by molar-refractivity contribution is 5.79. The van der Waals surface area contributed by atoms with Crippen LogP contribution in [0.25, 0.3) is 0 Å². The van der Waals surface area contributed by atoms with E-state index < -0.39 is 25.2 Å². The van der Waals surface area contributed by atoms with Crippen LogP contribution in [-0.2, 0) is 4.79 Å². The average molecular weight is 280 g/mol. The Bertz CT molecular complexity index is 656.